The maximum absolute atomic E-state index is 13.5. The number of hydrogen-bond donors (Lipinski definition) is 2. The standard InChI is InChI=1S/C11H14BrFN2O2S/c12-9-1-2-10(13)11(5-9)18(16,17)15-7-8-3-4-14-6-8/h1-2,5,8,14-15H,3-4,6-7H2. The first-order chi connectivity index (χ1) is 8.49. The van der Waals surface area contributed by atoms with Crippen LogP contribution in [0.25, 0.3) is 0 Å². The number of halogens is 2. The summed E-state index contributed by atoms with van der Waals surface area (Å²) in [5, 5.41) is 3.15. The first-order valence-corrected chi connectivity index (χ1v) is 7.92. The summed E-state index contributed by atoms with van der Waals surface area (Å²) in [6, 6.07) is 3.87. The Hall–Kier alpha value is -0.500. The molecule has 1 atom stereocenters. The van der Waals surface area contributed by atoms with Gasteiger partial charge in [-0.25, -0.2) is 17.5 Å². The molecule has 1 aromatic carbocycles. The number of rotatable bonds is 4. The molecule has 1 unspecified atom stereocenters. The highest BCUT2D eigenvalue weighted by molar-refractivity contribution is 9.10. The Labute approximate surface area is 114 Å². The largest absolute Gasteiger partial charge is 0.316 e. The zero-order chi connectivity index (χ0) is 13.2. The third kappa shape index (κ3) is 3.28. The van der Waals surface area contributed by atoms with Crippen molar-refractivity contribution < 1.29 is 12.8 Å². The minimum absolute atomic E-state index is 0.273. The normalized spacial score (nSPS) is 20.2. The minimum atomic E-state index is -3.78. The Morgan fingerprint density at radius 3 is 2.94 bits per heavy atom. The molecule has 0 aliphatic carbocycles. The maximum Gasteiger partial charge on any atom is 0.243 e. The Morgan fingerprint density at radius 1 is 1.50 bits per heavy atom. The van der Waals surface area contributed by atoms with Gasteiger partial charge in [-0.05, 0) is 43.6 Å². The third-order valence-electron chi connectivity index (χ3n) is 2.91. The lowest BCUT2D eigenvalue weighted by atomic mass is 10.1. The second-order valence-corrected chi connectivity index (χ2v) is 6.94. The van der Waals surface area contributed by atoms with E-state index < -0.39 is 15.8 Å². The Bertz CT molecular complexity index is 530. The summed E-state index contributed by atoms with van der Waals surface area (Å²) in [4.78, 5) is -0.317. The van der Waals surface area contributed by atoms with Crippen LogP contribution in [-0.4, -0.2) is 28.1 Å². The molecule has 18 heavy (non-hydrogen) atoms. The smallest absolute Gasteiger partial charge is 0.243 e. The van der Waals surface area contributed by atoms with Gasteiger partial charge in [0.15, 0.2) is 0 Å². The van der Waals surface area contributed by atoms with Crippen molar-refractivity contribution in [2.24, 2.45) is 5.92 Å². The van der Waals surface area contributed by atoms with Gasteiger partial charge in [-0.3, -0.25) is 0 Å². The van der Waals surface area contributed by atoms with Crippen LogP contribution < -0.4 is 10.0 Å². The molecule has 0 saturated carbocycles. The van der Waals surface area contributed by atoms with E-state index in [0.717, 1.165) is 25.6 Å². The average molecular weight is 337 g/mol. The van der Waals surface area contributed by atoms with Gasteiger partial charge >= 0.3 is 0 Å². The van der Waals surface area contributed by atoms with E-state index in [1.165, 1.54) is 12.1 Å². The molecule has 1 heterocycles. The molecule has 0 aromatic heterocycles. The zero-order valence-electron chi connectivity index (χ0n) is 9.62. The molecule has 1 aliphatic heterocycles. The van der Waals surface area contributed by atoms with Crippen molar-refractivity contribution in [3.63, 3.8) is 0 Å². The fourth-order valence-electron chi connectivity index (χ4n) is 1.88. The van der Waals surface area contributed by atoms with Crippen LogP contribution in [-0.2, 0) is 10.0 Å². The molecule has 0 bridgehead atoms. The molecule has 2 N–H and O–H groups in total. The highest BCUT2D eigenvalue weighted by Crippen LogP contribution is 2.20. The van der Waals surface area contributed by atoms with E-state index in [-0.39, 0.29) is 10.8 Å². The number of sulfonamides is 1. The SMILES string of the molecule is O=S(=O)(NCC1CCNC1)c1cc(Br)ccc1F. The predicted molar refractivity (Wildman–Crippen MR) is 70.3 cm³/mol. The molecule has 1 aliphatic rings. The Balaban J connectivity index is 2.12. The highest BCUT2D eigenvalue weighted by atomic mass is 79.9. The summed E-state index contributed by atoms with van der Waals surface area (Å²) >= 11 is 3.14. The van der Waals surface area contributed by atoms with Crippen molar-refractivity contribution in [1.29, 1.82) is 0 Å². The molecule has 0 amide bonds. The lowest BCUT2D eigenvalue weighted by Gasteiger charge is -2.11. The third-order valence-corrected chi connectivity index (χ3v) is 4.84. The maximum atomic E-state index is 13.5. The van der Waals surface area contributed by atoms with Crippen LogP contribution in [0.15, 0.2) is 27.6 Å². The first kappa shape index (κ1) is 13.9. The molecule has 4 nitrogen and oxygen atoms in total. The topological polar surface area (TPSA) is 58.2 Å². The molecular formula is C11H14BrFN2O2S. The molecule has 1 saturated heterocycles. The van der Waals surface area contributed by atoms with E-state index >= 15 is 0 Å². The van der Waals surface area contributed by atoms with Gasteiger partial charge in [-0.1, -0.05) is 15.9 Å². The molecule has 0 radical (unpaired) electrons. The molecule has 100 valence electrons. The Kier molecular flexibility index (Phi) is 4.37. The van der Waals surface area contributed by atoms with Gasteiger partial charge in [0.1, 0.15) is 10.7 Å². The number of benzene rings is 1. The van der Waals surface area contributed by atoms with E-state index in [4.69, 9.17) is 0 Å². The van der Waals surface area contributed by atoms with Crippen LogP contribution in [0.3, 0.4) is 0 Å². The lowest BCUT2D eigenvalue weighted by Crippen LogP contribution is -2.30. The second kappa shape index (κ2) is 5.64. The summed E-state index contributed by atoms with van der Waals surface area (Å²) in [6.45, 7) is 2.03. The van der Waals surface area contributed by atoms with Gasteiger partial charge in [0, 0.05) is 11.0 Å². The van der Waals surface area contributed by atoms with Crippen LogP contribution in [0.1, 0.15) is 6.42 Å². The van der Waals surface area contributed by atoms with Crippen molar-refractivity contribution in [2.45, 2.75) is 11.3 Å². The molecule has 7 heteroatoms. The molecule has 0 spiro atoms. The molecule has 2 rings (SSSR count). The first-order valence-electron chi connectivity index (χ1n) is 5.64. The van der Waals surface area contributed by atoms with Crippen molar-refractivity contribution in [3.8, 4) is 0 Å². The van der Waals surface area contributed by atoms with E-state index in [1.54, 1.807) is 0 Å². The average Bonchev–Trinajstić information content (AvgIpc) is 2.83. The van der Waals surface area contributed by atoms with Gasteiger partial charge in [-0.15, -0.1) is 0 Å². The fraction of sp³-hybridized carbons (Fsp3) is 0.455. The van der Waals surface area contributed by atoms with E-state index in [0.29, 0.717) is 11.0 Å². The predicted octanol–water partition coefficient (Wildman–Crippen LogP) is 1.48. The summed E-state index contributed by atoms with van der Waals surface area (Å²) in [6.07, 6.45) is 0.934. The zero-order valence-corrected chi connectivity index (χ0v) is 12.0. The second-order valence-electron chi connectivity index (χ2n) is 4.29. The molecule has 1 aromatic rings. The molecular weight excluding hydrogens is 323 g/mol. The number of nitrogens with one attached hydrogen (secondary N) is 2. The summed E-state index contributed by atoms with van der Waals surface area (Å²) < 4.78 is 40.4. The van der Waals surface area contributed by atoms with Gasteiger partial charge < -0.3 is 5.32 Å². The van der Waals surface area contributed by atoms with Crippen molar-refractivity contribution in [1.82, 2.24) is 10.0 Å². The van der Waals surface area contributed by atoms with Gasteiger partial charge in [0.2, 0.25) is 10.0 Å². The van der Waals surface area contributed by atoms with Gasteiger partial charge in [-0.2, -0.15) is 0 Å². The Morgan fingerprint density at radius 2 is 2.28 bits per heavy atom. The van der Waals surface area contributed by atoms with E-state index in [2.05, 4.69) is 26.0 Å². The summed E-state index contributed by atoms with van der Waals surface area (Å²) in [5.41, 5.74) is 0. The van der Waals surface area contributed by atoms with Crippen LogP contribution in [0, 0.1) is 11.7 Å². The van der Waals surface area contributed by atoms with Gasteiger partial charge in [0.25, 0.3) is 0 Å². The van der Waals surface area contributed by atoms with Crippen LogP contribution in [0.2, 0.25) is 0 Å². The van der Waals surface area contributed by atoms with Crippen LogP contribution in [0.5, 0.6) is 0 Å². The highest BCUT2D eigenvalue weighted by Gasteiger charge is 2.22. The van der Waals surface area contributed by atoms with E-state index in [9.17, 15) is 12.8 Å². The number of hydrogen-bond acceptors (Lipinski definition) is 3. The molecule has 1 fully saturated rings. The van der Waals surface area contributed by atoms with Crippen molar-refractivity contribution in [2.75, 3.05) is 19.6 Å². The lowest BCUT2D eigenvalue weighted by molar-refractivity contribution is 0.529. The van der Waals surface area contributed by atoms with Crippen LogP contribution >= 0.6 is 15.9 Å². The summed E-state index contributed by atoms with van der Waals surface area (Å²) in [7, 11) is -3.78. The van der Waals surface area contributed by atoms with Crippen LogP contribution in [0.4, 0.5) is 4.39 Å². The monoisotopic (exact) mass is 336 g/mol. The van der Waals surface area contributed by atoms with Crippen molar-refractivity contribution in [3.05, 3.63) is 28.5 Å². The van der Waals surface area contributed by atoms with Gasteiger partial charge in [0.05, 0.1) is 0 Å². The van der Waals surface area contributed by atoms with E-state index in [1.807, 2.05) is 0 Å². The quantitative estimate of drug-likeness (QED) is 0.875. The summed E-state index contributed by atoms with van der Waals surface area (Å²) in [5.74, 6) is -0.467. The van der Waals surface area contributed by atoms with Crippen molar-refractivity contribution >= 4 is 26.0 Å². The minimum Gasteiger partial charge on any atom is -0.316 e. The fourth-order valence-corrected chi connectivity index (χ4v) is 3.61.